The summed E-state index contributed by atoms with van der Waals surface area (Å²) in [6, 6.07) is 0. The highest BCUT2D eigenvalue weighted by atomic mass is 16.6. The van der Waals surface area contributed by atoms with Gasteiger partial charge >= 0.3 is 5.97 Å². The number of aliphatic hydroxyl groups excluding tert-OH is 1. The molecule has 0 rings (SSSR count). The second kappa shape index (κ2) is 20.0. The Morgan fingerprint density at radius 1 is 0.774 bits per heavy atom. The Morgan fingerprint density at radius 2 is 1.26 bits per heavy atom. The van der Waals surface area contributed by atoms with E-state index in [0.29, 0.717) is 38.3 Å². The zero-order chi connectivity index (χ0) is 23.4. The van der Waals surface area contributed by atoms with E-state index in [-0.39, 0.29) is 24.6 Å². The van der Waals surface area contributed by atoms with Crippen LogP contribution < -0.4 is 0 Å². The van der Waals surface area contributed by atoms with Crippen LogP contribution >= 0.6 is 0 Å². The van der Waals surface area contributed by atoms with Crippen molar-refractivity contribution in [2.24, 2.45) is 17.3 Å². The van der Waals surface area contributed by atoms with Gasteiger partial charge < -0.3 is 19.3 Å². The summed E-state index contributed by atoms with van der Waals surface area (Å²) in [5, 5.41) is 8.70. The van der Waals surface area contributed by atoms with Crippen molar-refractivity contribution in [1.29, 1.82) is 0 Å². The van der Waals surface area contributed by atoms with Crippen LogP contribution in [0.5, 0.6) is 0 Å². The van der Waals surface area contributed by atoms with Crippen molar-refractivity contribution in [1.82, 2.24) is 0 Å². The monoisotopic (exact) mass is 444 g/mol. The highest BCUT2D eigenvalue weighted by Gasteiger charge is 2.41. The standard InChI is InChI=1S/C26H52O5/c1-6-11-13-23(8-3)21-26(10-5,22-24(9-4)14-12-7-2)25(28)31-20-19-30-18-17-29-16-15-27/h23-24,27H,6-22H2,1-5H3. The van der Waals surface area contributed by atoms with Gasteiger partial charge in [0, 0.05) is 0 Å². The van der Waals surface area contributed by atoms with E-state index in [9.17, 15) is 4.79 Å². The number of ether oxygens (including phenoxy) is 3. The SMILES string of the molecule is CCCCC(CC)CC(CC)(CC(CC)CCCC)C(=O)OCCOCCOCCO. The molecule has 0 radical (unpaired) electrons. The van der Waals surface area contributed by atoms with Crippen molar-refractivity contribution in [3.05, 3.63) is 0 Å². The fourth-order valence-electron chi connectivity index (χ4n) is 4.41. The average Bonchev–Trinajstić information content (AvgIpc) is 2.79. The summed E-state index contributed by atoms with van der Waals surface area (Å²) in [5.74, 6) is 1.13. The fraction of sp³-hybridized carbons (Fsp3) is 0.962. The third-order valence-corrected chi connectivity index (χ3v) is 6.62. The van der Waals surface area contributed by atoms with Crippen molar-refractivity contribution in [3.63, 3.8) is 0 Å². The van der Waals surface area contributed by atoms with Crippen LogP contribution in [0.1, 0.15) is 105 Å². The van der Waals surface area contributed by atoms with E-state index < -0.39 is 0 Å². The first kappa shape index (κ1) is 30.4. The van der Waals surface area contributed by atoms with Crippen molar-refractivity contribution in [2.75, 3.05) is 39.6 Å². The molecular formula is C26H52O5. The molecule has 0 amide bonds. The molecular weight excluding hydrogens is 392 g/mol. The molecule has 31 heavy (non-hydrogen) atoms. The number of esters is 1. The fourth-order valence-corrected chi connectivity index (χ4v) is 4.41. The smallest absolute Gasteiger partial charge is 0.312 e. The van der Waals surface area contributed by atoms with Crippen LogP contribution in [0, 0.1) is 17.3 Å². The maximum Gasteiger partial charge on any atom is 0.312 e. The van der Waals surface area contributed by atoms with E-state index in [0.717, 1.165) is 32.1 Å². The van der Waals surface area contributed by atoms with Crippen molar-refractivity contribution in [3.8, 4) is 0 Å². The largest absolute Gasteiger partial charge is 0.463 e. The minimum atomic E-state index is -0.382. The zero-order valence-corrected chi connectivity index (χ0v) is 21.3. The Balaban J connectivity index is 5.00. The number of hydrogen-bond donors (Lipinski definition) is 1. The molecule has 0 fully saturated rings. The normalized spacial score (nSPS) is 15.4. The molecule has 0 aliphatic rings. The Kier molecular flexibility index (Phi) is 19.6. The van der Waals surface area contributed by atoms with Gasteiger partial charge in [-0.15, -0.1) is 0 Å². The molecule has 0 saturated carbocycles. The van der Waals surface area contributed by atoms with Crippen molar-refractivity contribution in [2.45, 2.75) is 105 Å². The highest BCUT2D eigenvalue weighted by molar-refractivity contribution is 5.76. The first-order chi connectivity index (χ1) is 15.0. The number of carbonyl (C=O) groups is 1. The van der Waals surface area contributed by atoms with E-state index in [2.05, 4.69) is 34.6 Å². The quantitative estimate of drug-likeness (QED) is 0.160. The summed E-state index contributed by atoms with van der Waals surface area (Å²) >= 11 is 0. The molecule has 2 atom stereocenters. The van der Waals surface area contributed by atoms with Crippen LogP contribution in [-0.4, -0.2) is 50.7 Å². The lowest BCUT2D eigenvalue weighted by Gasteiger charge is -2.36. The lowest BCUT2D eigenvalue weighted by molar-refractivity contribution is -0.161. The molecule has 0 heterocycles. The second-order valence-corrected chi connectivity index (χ2v) is 8.96. The van der Waals surface area contributed by atoms with E-state index in [4.69, 9.17) is 19.3 Å². The second-order valence-electron chi connectivity index (χ2n) is 8.96. The molecule has 0 aromatic rings. The van der Waals surface area contributed by atoms with Gasteiger partial charge in [0.2, 0.25) is 0 Å². The molecule has 186 valence electrons. The van der Waals surface area contributed by atoms with Gasteiger partial charge in [-0.3, -0.25) is 4.79 Å². The summed E-state index contributed by atoms with van der Waals surface area (Å²) in [6.45, 7) is 13.1. The van der Waals surface area contributed by atoms with Gasteiger partial charge in [-0.1, -0.05) is 86.0 Å². The minimum absolute atomic E-state index is 0.0186. The molecule has 5 heteroatoms. The maximum atomic E-state index is 13.4. The van der Waals surface area contributed by atoms with Gasteiger partial charge in [0.25, 0.3) is 0 Å². The molecule has 0 aromatic heterocycles. The lowest BCUT2D eigenvalue weighted by Crippen LogP contribution is -2.37. The van der Waals surface area contributed by atoms with Crippen molar-refractivity contribution >= 4 is 5.97 Å². The van der Waals surface area contributed by atoms with Crippen LogP contribution in [0.25, 0.3) is 0 Å². The number of hydrogen-bond acceptors (Lipinski definition) is 5. The summed E-state index contributed by atoms with van der Waals surface area (Å²) in [6.07, 6.45) is 12.2. The summed E-state index contributed by atoms with van der Waals surface area (Å²) < 4.78 is 16.5. The summed E-state index contributed by atoms with van der Waals surface area (Å²) in [5.41, 5.74) is -0.382. The van der Waals surface area contributed by atoms with Crippen LogP contribution in [0.15, 0.2) is 0 Å². The number of rotatable bonds is 22. The Morgan fingerprint density at radius 3 is 1.68 bits per heavy atom. The third-order valence-electron chi connectivity index (χ3n) is 6.62. The Bertz CT molecular complexity index is 395. The number of aliphatic hydroxyl groups is 1. The molecule has 2 unspecified atom stereocenters. The topological polar surface area (TPSA) is 65.0 Å². The summed E-state index contributed by atoms with van der Waals surface area (Å²) in [7, 11) is 0. The van der Waals surface area contributed by atoms with Crippen LogP contribution in [-0.2, 0) is 19.0 Å². The molecule has 0 aliphatic heterocycles. The molecule has 1 N–H and O–H groups in total. The van der Waals surface area contributed by atoms with Gasteiger partial charge in [-0.05, 0) is 31.1 Å². The van der Waals surface area contributed by atoms with Crippen LogP contribution in [0.2, 0.25) is 0 Å². The molecule has 0 saturated heterocycles. The van der Waals surface area contributed by atoms with Gasteiger partial charge in [0.1, 0.15) is 6.61 Å². The van der Waals surface area contributed by atoms with Crippen LogP contribution in [0.4, 0.5) is 0 Å². The average molecular weight is 445 g/mol. The van der Waals surface area contributed by atoms with Gasteiger partial charge in [0.05, 0.1) is 38.4 Å². The van der Waals surface area contributed by atoms with E-state index >= 15 is 0 Å². The number of unbranched alkanes of at least 4 members (excludes halogenated alkanes) is 2. The molecule has 5 nitrogen and oxygen atoms in total. The predicted molar refractivity (Wildman–Crippen MR) is 128 cm³/mol. The van der Waals surface area contributed by atoms with Gasteiger partial charge in [-0.25, -0.2) is 0 Å². The van der Waals surface area contributed by atoms with Crippen LogP contribution in [0.3, 0.4) is 0 Å². The van der Waals surface area contributed by atoms with E-state index in [1.807, 2.05) is 0 Å². The molecule has 0 aromatic carbocycles. The number of carbonyl (C=O) groups excluding carboxylic acids is 1. The molecule has 0 spiro atoms. The Hall–Kier alpha value is -0.650. The van der Waals surface area contributed by atoms with E-state index in [1.54, 1.807) is 0 Å². The van der Waals surface area contributed by atoms with E-state index in [1.165, 1.54) is 38.5 Å². The van der Waals surface area contributed by atoms with Gasteiger partial charge in [0.15, 0.2) is 0 Å². The predicted octanol–water partition coefficient (Wildman–Crippen LogP) is 6.16. The molecule has 0 aliphatic carbocycles. The molecule has 0 bridgehead atoms. The zero-order valence-electron chi connectivity index (χ0n) is 21.3. The summed E-state index contributed by atoms with van der Waals surface area (Å²) in [4.78, 5) is 13.4. The Labute approximate surface area is 192 Å². The first-order valence-corrected chi connectivity index (χ1v) is 13.0. The lowest BCUT2D eigenvalue weighted by atomic mass is 9.69. The van der Waals surface area contributed by atoms with Gasteiger partial charge in [-0.2, -0.15) is 0 Å². The first-order valence-electron chi connectivity index (χ1n) is 13.0. The third kappa shape index (κ3) is 13.5. The van der Waals surface area contributed by atoms with Crippen molar-refractivity contribution < 1.29 is 24.1 Å². The highest BCUT2D eigenvalue weighted by Crippen LogP contribution is 2.42. The minimum Gasteiger partial charge on any atom is -0.463 e. The maximum absolute atomic E-state index is 13.4.